The monoisotopic (exact) mass is 829 g/mol. The number of aromatic nitrogens is 1. The van der Waals surface area contributed by atoms with Crippen LogP contribution in [-0.2, 0) is 14.4 Å². The van der Waals surface area contributed by atoms with Gasteiger partial charge < -0.3 is 25.0 Å². The smallest absolute Gasteiger partial charge is 0.276 e. The van der Waals surface area contributed by atoms with Gasteiger partial charge in [-0.1, -0.05) is 98.2 Å². The normalized spacial score (nSPS) is 23.2. The van der Waals surface area contributed by atoms with Gasteiger partial charge in [0.05, 0.1) is 12.1 Å². The van der Waals surface area contributed by atoms with Crippen LogP contribution < -0.4 is 10.6 Å². The minimum atomic E-state index is -0.704. The molecule has 4 amide bonds. The van der Waals surface area contributed by atoms with Crippen molar-refractivity contribution in [1.29, 1.82) is 0 Å². The van der Waals surface area contributed by atoms with Gasteiger partial charge in [-0.05, 0) is 108 Å². The van der Waals surface area contributed by atoms with Crippen LogP contribution in [0.5, 0.6) is 0 Å². The second-order valence-corrected chi connectivity index (χ2v) is 17.4. The molecule has 1 aromatic heterocycles. The van der Waals surface area contributed by atoms with Crippen molar-refractivity contribution in [2.45, 2.75) is 83.0 Å². The van der Waals surface area contributed by atoms with Crippen molar-refractivity contribution in [2.24, 2.45) is 11.8 Å². The lowest BCUT2D eigenvalue weighted by atomic mass is 9.87. The molecule has 7 atom stereocenters. The summed E-state index contributed by atoms with van der Waals surface area (Å²) in [5, 5.41) is 11.0. The first-order chi connectivity index (χ1) is 28.8. The Morgan fingerprint density at radius 3 is 2.17 bits per heavy atom. The van der Waals surface area contributed by atoms with Gasteiger partial charge in [-0.15, -0.1) is 0 Å². The lowest BCUT2D eigenvalue weighted by Gasteiger charge is -2.41. The largest absolute Gasteiger partial charge is 0.355 e. The summed E-state index contributed by atoms with van der Waals surface area (Å²) in [5.74, 6) is -0.937. The fourth-order valence-electron chi connectivity index (χ4n) is 8.89. The number of carbonyl (C=O) groups excluding carboxylic acids is 4. The van der Waals surface area contributed by atoms with Crippen molar-refractivity contribution < 1.29 is 28.1 Å². The summed E-state index contributed by atoms with van der Waals surface area (Å²) >= 11 is 6.18. The van der Waals surface area contributed by atoms with Crippen molar-refractivity contribution in [3.8, 4) is 11.3 Å². The third kappa shape index (κ3) is 8.59. The summed E-state index contributed by atoms with van der Waals surface area (Å²) in [6.45, 7) is 8.63. The first-order valence-electron chi connectivity index (χ1n) is 20.7. The van der Waals surface area contributed by atoms with E-state index in [4.69, 9.17) is 16.1 Å². The van der Waals surface area contributed by atoms with Crippen LogP contribution in [-0.4, -0.2) is 63.8 Å². The number of amides is 4. The Labute approximate surface area is 354 Å². The Morgan fingerprint density at radius 1 is 0.817 bits per heavy atom. The Kier molecular flexibility index (Phi) is 11.6. The fraction of sp³-hybridized carbons (Fsp3) is 0.354. The number of aryl methyl sites for hydroxylation is 1. The van der Waals surface area contributed by atoms with Crippen molar-refractivity contribution >= 4 is 35.2 Å². The quantitative estimate of drug-likeness (QED) is 0.138. The topological polar surface area (TPSA) is 125 Å². The van der Waals surface area contributed by atoms with E-state index in [0.717, 1.165) is 34.2 Å². The molecule has 310 valence electrons. The van der Waals surface area contributed by atoms with Gasteiger partial charge in [0.25, 0.3) is 5.91 Å². The number of hydrogen-bond acceptors (Lipinski definition) is 6. The SMILES string of the molecule is Cc1cc(C(C)C[C@H]2C(=O)N[C@@H](c3ccc(Cl)cc3)CN2C(=O)[C@@H]2C[C@H]2c2ccccc2)ccc1[C@H]1CN(C(=O)c2cc(-c3ccc(F)cc3)on2)[C@@H](CC(C)C)C(=O)N1. The summed E-state index contributed by atoms with van der Waals surface area (Å²) in [7, 11) is 0. The molecule has 1 saturated carbocycles. The Balaban J connectivity index is 1.00. The summed E-state index contributed by atoms with van der Waals surface area (Å²) in [5.41, 5.74) is 5.45. The third-order valence-electron chi connectivity index (χ3n) is 12.3. The molecule has 0 bridgehead atoms. The van der Waals surface area contributed by atoms with Crippen molar-refractivity contribution in [2.75, 3.05) is 13.1 Å². The van der Waals surface area contributed by atoms with E-state index in [1.54, 1.807) is 34.1 Å². The average Bonchev–Trinajstić information content (AvgIpc) is 3.89. The summed E-state index contributed by atoms with van der Waals surface area (Å²) in [4.78, 5) is 59.6. The molecular weight excluding hydrogens is 781 g/mol. The number of halogens is 2. The molecule has 3 aliphatic rings. The first kappa shape index (κ1) is 40.9. The van der Waals surface area contributed by atoms with Gasteiger partial charge in [0.15, 0.2) is 11.5 Å². The molecule has 10 nitrogen and oxygen atoms in total. The molecule has 4 aromatic carbocycles. The number of nitrogens with zero attached hydrogens (tertiary/aromatic N) is 3. The molecule has 1 unspecified atom stereocenters. The van der Waals surface area contributed by atoms with E-state index in [-0.39, 0.29) is 65.5 Å². The maximum Gasteiger partial charge on any atom is 0.276 e. The molecule has 2 N–H and O–H groups in total. The second-order valence-electron chi connectivity index (χ2n) is 17.0. The standard InChI is InChI=1S/C48H49ClFN5O5/c1-27(2)20-42-45(56)52-41(26-55(42)48(59)39-24-44(60-53-39)32-12-17-35(50)18-13-32)36-19-14-33(21-29(36)4)28(3)22-43-46(57)51-40(31-10-15-34(49)16-11-31)25-54(43)47(58)38-23-37(38)30-8-6-5-7-9-30/h5-19,21,24,27-28,37-38,40-43H,20,22-23,25-26H2,1-4H3,(H,51,57)(H,52,56)/t28?,37-,38+,40+,41+,42-,43-/m0/s1. The van der Waals surface area contributed by atoms with Gasteiger partial charge in [0.2, 0.25) is 17.7 Å². The maximum absolute atomic E-state index is 14.3. The zero-order valence-electron chi connectivity index (χ0n) is 34.1. The third-order valence-corrected chi connectivity index (χ3v) is 12.5. The molecule has 60 heavy (non-hydrogen) atoms. The van der Waals surface area contributed by atoms with E-state index in [1.807, 2.05) is 63.2 Å². The van der Waals surface area contributed by atoms with E-state index in [9.17, 15) is 23.6 Å². The minimum absolute atomic E-state index is 0.00149. The average molecular weight is 830 g/mol. The van der Waals surface area contributed by atoms with E-state index >= 15 is 0 Å². The number of rotatable bonds is 11. The number of piperazine rings is 2. The molecule has 2 saturated heterocycles. The molecule has 0 spiro atoms. The van der Waals surface area contributed by atoms with E-state index < -0.39 is 24.0 Å². The number of nitrogens with one attached hydrogen (secondary N) is 2. The molecule has 0 radical (unpaired) electrons. The molecule has 12 heteroatoms. The predicted octanol–water partition coefficient (Wildman–Crippen LogP) is 8.54. The molecular formula is C48H49ClFN5O5. The van der Waals surface area contributed by atoms with Gasteiger partial charge in [-0.2, -0.15) is 0 Å². The zero-order valence-corrected chi connectivity index (χ0v) is 34.9. The van der Waals surface area contributed by atoms with Gasteiger partial charge in [0.1, 0.15) is 17.9 Å². The molecule has 3 fully saturated rings. The van der Waals surface area contributed by atoms with E-state index in [2.05, 4.69) is 40.9 Å². The predicted molar refractivity (Wildman–Crippen MR) is 226 cm³/mol. The van der Waals surface area contributed by atoms with Crippen LogP contribution in [0.2, 0.25) is 5.02 Å². The summed E-state index contributed by atoms with van der Waals surface area (Å²) in [6, 6.07) is 28.5. The maximum atomic E-state index is 14.3. The Bertz CT molecular complexity index is 2390. The number of carbonyl (C=O) groups is 4. The molecule has 1 aliphatic carbocycles. The molecule has 5 aromatic rings. The van der Waals surface area contributed by atoms with Crippen molar-refractivity contribution in [3.05, 3.63) is 147 Å². The zero-order chi connectivity index (χ0) is 42.2. The lowest BCUT2D eigenvalue weighted by molar-refractivity contribution is -0.146. The highest BCUT2D eigenvalue weighted by Gasteiger charge is 2.49. The highest BCUT2D eigenvalue weighted by atomic mass is 35.5. The van der Waals surface area contributed by atoms with Gasteiger partial charge in [-0.25, -0.2) is 4.39 Å². The molecule has 8 rings (SSSR count). The van der Waals surface area contributed by atoms with Gasteiger partial charge in [-0.3, -0.25) is 19.2 Å². The van der Waals surface area contributed by atoms with Crippen molar-refractivity contribution in [1.82, 2.24) is 25.6 Å². The minimum Gasteiger partial charge on any atom is -0.355 e. The van der Waals surface area contributed by atoms with Crippen LogP contribution in [0.4, 0.5) is 4.39 Å². The van der Waals surface area contributed by atoms with Crippen molar-refractivity contribution in [3.63, 3.8) is 0 Å². The molecule has 2 aliphatic heterocycles. The fourth-order valence-corrected chi connectivity index (χ4v) is 9.02. The van der Waals surface area contributed by atoms with Crippen LogP contribution in [0.1, 0.15) is 102 Å². The first-order valence-corrected chi connectivity index (χ1v) is 21.1. The summed E-state index contributed by atoms with van der Waals surface area (Å²) in [6.07, 6.45) is 1.64. The highest BCUT2D eigenvalue weighted by Crippen LogP contribution is 2.49. The van der Waals surface area contributed by atoms with Crippen LogP contribution >= 0.6 is 11.6 Å². The highest BCUT2D eigenvalue weighted by molar-refractivity contribution is 6.30. The lowest BCUT2D eigenvalue weighted by Crippen LogP contribution is -2.59. The van der Waals surface area contributed by atoms with Gasteiger partial charge in [0, 0.05) is 35.7 Å². The van der Waals surface area contributed by atoms with Gasteiger partial charge >= 0.3 is 0 Å². The van der Waals surface area contributed by atoms with Crippen LogP contribution in [0.15, 0.2) is 108 Å². The summed E-state index contributed by atoms with van der Waals surface area (Å²) < 4.78 is 19.0. The Morgan fingerprint density at radius 2 is 1.48 bits per heavy atom. The number of benzene rings is 4. The van der Waals surface area contributed by atoms with E-state index in [0.29, 0.717) is 35.7 Å². The van der Waals surface area contributed by atoms with E-state index in [1.165, 1.54) is 18.2 Å². The second kappa shape index (κ2) is 17.0. The number of hydrogen-bond donors (Lipinski definition) is 2. The Hall–Kier alpha value is -5.81. The van der Waals surface area contributed by atoms with Crippen LogP contribution in [0.25, 0.3) is 11.3 Å². The molecule has 3 heterocycles. The van der Waals surface area contributed by atoms with Crippen LogP contribution in [0, 0.1) is 24.6 Å². The van der Waals surface area contributed by atoms with Crippen LogP contribution in [0.3, 0.4) is 0 Å².